The summed E-state index contributed by atoms with van der Waals surface area (Å²) in [6.07, 6.45) is 1.77. The number of hydrogen-bond acceptors (Lipinski definition) is 5. The number of nitrogens with one attached hydrogen (secondary N) is 1. The topological polar surface area (TPSA) is 109 Å². The summed E-state index contributed by atoms with van der Waals surface area (Å²) in [5.74, 6) is -0.538. The Labute approximate surface area is 159 Å². The number of benzene rings is 2. The van der Waals surface area contributed by atoms with Crippen molar-refractivity contribution in [2.45, 2.75) is 12.8 Å². The number of aromatic amines is 1. The first kappa shape index (κ1) is 17.5. The van der Waals surface area contributed by atoms with Gasteiger partial charge in [-0.05, 0) is 24.1 Å². The zero-order valence-electron chi connectivity index (χ0n) is 14.9. The Hall–Kier alpha value is -3.87. The monoisotopic (exact) mass is 376 g/mol. The third-order valence-electron chi connectivity index (χ3n) is 4.75. The Morgan fingerprint density at radius 3 is 2.54 bits per heavy atom. The van der Waals surface area contributed by atoms with Crippen molar-refractivity contribution in [3.8, 4) is 5.75 Å². The minimum atomic E-state index is -0.659. The van der Waals surface area contributed by atoms with E-state index in [2.05, 4.69) is 4.98 Å². The Bertz CT molecular complexity index is 1240. The molecule has 2 N–H and O–H groups in total. The molecule has 0 bridgehead atoms. The summed E-state index contributed by atoms with van der Waals surface area (Å²) in [6.45, 7) is 1.58. The highest BCUT2D eigenvalue weighted by Crippen LogP contribution is 2.38. The van der Waals surface area contributed by atoms with E-state index in [0.29, 0.717) is 11.3 Å². The van der Waals surface area contributed by atoms with Crippen molar-refractivity contribution < 1.29 is 14.4 Å². The largest absolute Gasteiger partial charge is 0.507 e. The number of H-pyrrole nitrogens is 1. The van der Waals surface area contributed by atoms with Gasteiger partial charge in [0.05, 0.1) is 10.5 Å². The maximum absolute atomic E-state index is 12.6. The van der Waals surface area contributed by atoms with E-state index in [-0.39, 0.29) is 17.0 Å². The number of fused-ring (bicyclic) bond motifs is 1. The molecule has 4 aromatic rings. The maximum Gasteiger partial charge on any atom is 0.343 e. The molecule has 7 nitrogen and oxygen atoms in total. The summed E-state index contributed by atoms with van der Waals surface area (Å²) in [7, 11) is 0. The van der Waals surface area contributed by atoms with E-state index in [0.717, 1.165) is 16.5 Å². The van der Waals surface area contributed by atoms with Gasteiger partial charge in [-0.25, -0.2) is 4.79 Å². The highest BCUT2D eigenvalue weighted by atomic mass is 16.6. The Morgan fingerprint density at radius 1 is 1.14 bits per heavy atom. The van der Waals surface area contributed by atoms with Crippen molar-refractivity contribution in [3.05, 3.63) is 104 Å². The molecule has 0 amide bonds. The molecule has 4 rings (SSSR count). The number of nitro benzene ring substituents is 1. The van der Waals surface area contributed by atoms with Crippen molar-refractivity contribution in [1.82, 2.24) is 4.98 Å². The second-order valence-electron chi connectivity index (χ2n) is 6.51. The molecule has 0 saturated heterocycles. The molecule has 2 heterocycles. The zero-order valence-corrected chi connectivity index (χ0v) is 14.9. The number of aromatic nitrogens is 1. The van der Waals surface area contributed by atoms with E-state index in [1.165, 1.54) is 18.2 Å². The van der Waals surface area contributed by atoms with Crippen LogP contribution in [-0.2, 0) is 0 Å². The molecule has 140 valence electrons. The lowest BCUT2D eigenvalue weighted by molar-refractivity contribution is -0.384. The molecular weight excluding hydrogens is 360 g/mol. The standard InChI is InChI=1S/C21H16N2O5/c1-12-10-18(24)20(21(25)28-12)19(13-6-8-14(9-7-13)23(26)27)16-11-22-17-5-3-2-4-15(16)17/h2-11,19,22,24H,1H3. The van der Waals surface area contributed by atoms with Crippen molar-refractivity contribution in [1.29, 1.82) is 0 Å². The number of nitrogens with zero attached hydrogens (tertiary/aromatic N) is 1. The molecule has 0 aliphatic rings. The number of hydrogen-bond donors (Lipinski definition) is 2. The van der Waals surface area contributed by atoms with E-state index in [4.69, 9.17) is 4.42 Å². The number of non-ortho nitro benzene ring substituents is 1. The lowest BCUT2D eigenvalue weighted by Gasteiger charge is -2.18. The van der Waals surface area contributed by atoms with Crippen LogP contribution in [0.4, 0.5) is 5.69 Å². The summed E-state index contributed by atoms with van der Waals surface area (Å²) in [4.78, 5) is 26.3. The van der Waals surface area contributed by atoms with Gasteiger partial charge in [0.15, 0.2) is 0 Å². The predicted molar refractivity (Wildman–Crippen MR) is 104 cm³/mol. The minimum absolute atomic E-state index is 0.0541. The van der Waals surface area contributed by atoms with Gasteiger partial charge in [-0.15, -0.1) is 0 Å². The van der Waals surface area contributed by atoms with Crippen LogP contribution in [0.5, 0.6) is 5.75 Å². The van der Waals surface area contributed by atoms with Gasteiger partial charge in [-0.2, -0.15) is 0 Å². The summed E-state index contributed by atoms with van der Waals surface area (Å²) in [5.41, 5.74) is 1.65. The maximum atomic E-state index is 12.6. The second-order valence-corrected chi connectivity index (χ2v) is 6.51. The molecule has 0 aliphatic heterocycles. The van der Waals surface area contributed by atoms with E-state index in [1.807, 2.05) is 24.3 Å². The van der Waals surface area contributed by atoms with Crippen LogP contribution >= 0.6 is 0 Å². The fourth-order valence-electron chi connectivity index (χ4n) is 3.49. The third kappa shape index (κ3) is 2.92. The van der Waals surface area contributed by atoms with Gasteiger partial charge < -0.3 is 14.5 Å². The quantitative estimate of drug-likeness (QED) is 0.409. The van der Waals surface area contributed by atoms with Crippen LogP contribution in [0.2, 0.25) is 0 Å². The molecule has 1 atom stereocenters. The van der Waals surface area contributed by atoms with Crippen LogP contribution in [0, 0.1) is 17.0 Å². The Balaban J connectivity index is 1.99. The Kier molecular flexibility index (Phi) is 4.19. The fraction of sp³-hybridized carbons (Fsp3) is 0.0952. The predicted octanol–water partition coefficient (Wildman–Crippen LogP) is 4.22. The average Bonchev–Trinajstić information content (AvgIpc) is 3.08. The summed E-state index contributed by atoms with van der Waals surface area (Å²) in [5, 5.41) is 22.4. The number of aryl methyl sites for hydroxylation is 1. The molecule has 2 aromatic heterocycles. The summed E-state index contributed by atoms with van der Waals surface area (Å²) in [6, 6.07) is 14.9. The molecule has 7 heteroatoms. The smallest absolute Gasteiger partial charge is 0.343 e. The first-order valence-corrected chi connectivity index (χ1v) is 8.59. The van der Waals surface area contributed by atoms with Gasteiger partial charge in [-0.3, -0.25) is 10.1 Å². The van der Waals surface area contributed by atoms with E-state index >= 15 is 0 Å². The fourth-order valence-corrected chi connectivity index (χ4v) is 3.49. The van der Waals surface area contributed by atoms with Crippen molar-refractivity contribution in [3.63, 3.8) is 0 Å². The number of para-hydroxylation sites is 1. The average molecular weight is 376 g/mol. The molecule has 0 spiro atoms. The number of aromatic hydroxyl groups is 1. The molecule has 28 heavy (non-hydrogen) atoms. The van der Waals surface area contributed by atoms with Crippen LogP contribution in [-0.4, -0.2) is 15.0 Å². The van der Waals surface area contributed by atoms with Gasteiger partial charge in [0.25, 0.3) is 5.69 Å². The normalized spacial score (nSPS) is 12.2. The molecule has 1 unspecified atom stereocenters. The zero-order chi connectivity index (χ0) is 19.8. The number of nitro groups is 1. The molecular formula is C21H16N2O5. The van der Waals surface area contributed by atoms with Crippen LogP contribution < -0.4 is 5.63 Å². The van der Waals surface area contributed by atoms with Crippen LogP contribution in [0.3, 0.4) is 0 Å². The van der Waals surface area contributed by atoms with Gasteiger partial charge in [-0.1, -0.05) is 30.3 Å². The summed E-state index contributed by atoms with van der Waals surface area (Å²) < 4.78 is 5.23. The van der Waals surface area contributed by atoms with Gasteiger partial charge in [0, 0.05) is 41.2 Å². The molecule has 0 aliphatic carbocycles. The van der Waals surface area contributed by atoms with Crippen molar-refractivity contribution >= 4 is 16.6 Å². The van der Waals surface area contributed by atoms with E-state index < -0.39 is 16.5 Å². The number of rotatable bonds is 4. The molecule has 0 fully saturated rings. The highest BCUT2D eigenvalue weighted by Gasteiger charge is 2.27. The first-order chi connectivity index (χ1) is 13.5. The van der Waals surface area contributed by atoms with Crippen LogP contribution in [0.25, 0.3) is 10.9 Å². The van der Waals surface area contributed by atoms with Gasteiger partial charge in [0.2, 0.25) is 0 Å². The Morgan fingerprint density at radius 2 is 1.86 bits per heavy atom. The molecule has 0 radical (unpaired) electrons. The molecule has 2 aromatic carbocycles. The second kappa shape index (κ2) is 6.70. The van der Waals surface area contributed by atoms with Gasteiger partial charge >= 0.3 is 5.63 Å². The van der Waals surface area contributed by atoms with Crippen molar-refractivity contribution in [2.24, 2.45) is 0 Å². The van der Waals surface area contributed by atoms with E-state index in [1.54, 1.807) is 25.3 Å². The first-order valence-electron chi connectivity index (χ1n) is 8.59. The lowest BCUT2D eigenvalue weighted by Crippen LogP contribution is -2.15. The highest BCUT2D eigenvalue weighted by molar-refractivity contribution is 5.85. The molecule has 0 saturated carbocycles. The van der Waals surface area contributed by atoms with E-state index in [9.17, 15) is 20.0 Å². The third-order valence-corrected chi connectivity index (χ3v) is 4.75. The van der Waals surface area contributed by atoms with Crippen molar-refractivity contribution in [2.75, 3.05) is 0 Å². The summed E-state index contributed by atoms with van der Waals surface area (Å²) >= 11 is 0. The lowest BCUT2D eigenvalue weighted by atomic mass is 9.85. The van der Waals surface area contributed by atoms with Crippen LogP contribution in [0.1, 0.15) is 28.4 Å². The van der Waals surface area contributed by atoms with Crippen LogP contribution in [0.15, 0.2) is 70.0 Å². The SMILES string of the molecule is Cc1cc(O)c(C(c2ccc([N+](=O)[O-])cc2)c2c[nH]c3ccccc23)c(=O)o1. The minimum Gasteiger partial charge on any atom is -0.507 e. The van der Waals surface area contributed by atoms with Gasteiger partial charge in [0.1, 0.15) is 11.5 Å².